The first-order chi connectivity index (χ1) is 9.19. The van der Waals surface area contributed by atoms with E-state index in [1.165, 1.54) is 4.90 Å². The van der Waals surface area contributed by atoms with Crippen molar-refractivity contribution in [3.63, 3.8) is 0 Å². The largest absolute Gasteiger partial charge is 0.461 e. The molecule has 1 rings (SSSR count). The Morgan fingerprint density at radius 3 is 2.55 bits per heavy atom. The Labute approximate surface area is 116 Å². The molecule has 0 aromatic carbocycles. The molecule has 1 heterocycles. The first-order valence-corrected chi connectivity index (χ1v) is 6.35. The van der Waals surface area contributed by atoms with Crippen LogP contribution in [0.1, 0.15) is 27.2 Å². The van der Waals surface area contributed by atoms with Gasteiger partial charge in [0, 0.05) is 19.2 Å². The van der Waals surface area contributed by atoms with Crippen molar-refractivity contribution in [2.75, 3.05) is 19.7 Å². The lowest BCUT2D eigenvalue weighted by Crippen LogP contribution is -2.36. The van der Waals surface area contributed by atoms with Crippen LogP contribution < -0.4 is 0 Å². The molecular weight excluding hydrogens is 272 g/mol. The number of carbonyl (C=O) groups is 2. The predicted octanol–water partition coefficient (Wildman–Crippen LogP) is 2.57. The summed E-state index contributed by atoms with van der Waals surface area (Å²) in [7, 11) is 0. The van der Waals surface area contributed by atoms with Crippen molar-refractivity contribution in [2.24, 2.45) is 5.92 Å². The second-order valence-electron chi connectivity index (χ2n) is 5.54. The molecule has 0 aliphatic carbocycles. The van der Waals surface area contributed by atoms with Crippen LogP contribution in [0.25, 0.3) is 0 Å². The molecule has 0 bridgehead atoms. The molecule has 1 amide bonds. The number of halogens is 2. The molecule has 1 unspecified atom stereocenters. The minimum absolute atomic E-state index is 0.190. The fraction of sp³-hybridized carbons (Fsp3) is 0.692. The van der Waals surface area contributed by atoms with Gasteiger partial charge in [0.2, 0.25) is 0 Å². The Morgan fingerprint density at radius 2 is 2.00 bits per heavy atom. The Morgan fingerprint density at radius 1 is 1.35 bits per heavy atom. The molecule has 1 saturated heterocycles. The molecular formula is C13H19F2NO4. The molecule has 7 heteroatoms. The second kappa shape index (κ2) is 6.67. The van der Waals surface area contributed by atoms with Crippen LogP contribution in [0.2, 0.25) is 0 Å². The zero-order valence-corrected chi connectivity index (χ0v) is 11.8. The van der Waals surface area contributed by atoms with Gasteiger partial charge in [-0.25, -0.2) is 4.79 Å². The standard InChI is InChI=1S/C13H19F2NO4/c1-13(2,3)20-12(18)16-6-4-9(8-16)11(17)19-7-5-10(14)15/h5,9H,4,6-8H2,1-3H3. The number of likely N-dealkylation sites (tertiary alicyclic amines) is 1. The van der Waals surface area contributed by atoms with Crippen molar-refractivity contribution in [3.05, 3.63) is 12.2 Å². The van der Waals surface area contributed by atoms with E-state index in [1.54, 1.807) is 20.8 Å². The van der Waals surface area contributed by atoms with Crippen LogP contribution in [0, 0.1) is 5.92 Å². The lowest BCUT2D eigenvalue weighted by atomic mass is 10.1. The van der Waals surface area contributed by atoms with Crippen molar-refractivity contribution < 1.29 is 27.8 Å². The van der Waals surface area contributed by atoms with Gasteiger partial charge in [-0.1, -0.05) is 0 Å². The van der Waals surface area contributed by atoms with E-state index in [0.717, 1.165) is 0 Å². The average Bonchev–Trinajstić information content (AvgIpc) is 2.75. The molecule has 1 fully saturated rings. The number of ether oxygens (including phenoxy) is 2. The van der Waals surface area contributed by atoms with Crippen molar-refractivity contribution in [2.45, 2.75) is 32.8 Å². The SMILES string of the molecule is CC(C)(C)OC(=O)N1CCC(C(=O)OCC=C(F)F)C1. The monoisotopic (exact) mass is 291 g/mol. The van der Waals surface area contributed by atoms with Crippen LogP contribution in [0.5, 0.6) is 0 Å². The van der Waals surface area contributed by atoms with Crippen molar-refractivity contribution >= 4 is 12.1 Å². The lowest BCUT2D eigenvalue weighted by Gasteiger charge is -2.24. The summed E-state index contributed by atoms with van der Waals surface area (Å²) in [4.78, 5) is 24.8. The fourth-order valence-electron chi connectivity index (χ4n) is 1.75. The van der Waals surface area contributed by atoms with Crippen LogP contribution in [-0.2, 0) is 14.3 Å². The third-order valence-electron chi connectivity index (χ3n) is 2.64. The summed E-state index contributed by atoms with van der Waals surface area (Å²) in [6.45, 7) is 5.39. The topological polar surface area (TPSA) is 55.8 Å². The van der Waals surface area contributed by atoms with Gasteiger partial charge in [-0.15, -0.1) is 0 Å². The predicted molar refractivity (Wildman–Crippen MR) is 67.2 cm³/mol. The van der Waals surface area contributed by atoms with Crippen LogP contribution >= 0.6 is 0 Å². The van der Waals surface area contributed by atoms with Crippen molar-refractivity contribution in [3.8, 4) is 0 Å². The molecule has 0 spiro atoms. The Balaban J connectivity index is 2.41. The minimum atomic E-state index is -1.89. The summed E-state index contributed by atoms with van der Waals surface area (Å²) in [6.07, 6.45) is -1.40. The molecule has 0 N–H and O–H groups in total. The van der Waals surface area contributed by atoms with Gasteiger partial charge in [-0.2, -0.15) is 8.78 Å². The van der Waals surface area contributed by atoms with Gasteiger partial charge in [0.15, 0.2) is 0 Å². The maximum Gasteiger partial charge on any atom is 0.410 e. The highest BCUT2D eigenvalue weighted by Gasteiger charge is 2.34. The quantitative estimate of drug-likeness (QED) is 0.750. The normalized spacial score (nSPS) is 18.6. The molecule has 0 radical (unpaired) electrons. The van der Waals surface area contributed by atoms with E-state index in [0.29, 0.717) is 19.0 Å². The summed E-state index contributed by atoms with van der Waals surface area (Å²) < 4.78 is 33.5. The van der Waals surface area contributed by atoms with E-state index in [2.05, 4.69) is 0 Å². The smallest absolute Gasteiger partial charge is 0.410 e. The maximum absolute atomic E-state index is 11.8. The van der Waals surface area contributed by atoms with Gasteiger partial charge >= 0.3 is 12.1 Å². The molecule has 20 heavy (non-hydrogen) atoms. The zero-order valence-electron chi connectivity index (χ0n) is 11.8. The average molecular weight is 291 g/mol. The van der Waals surface area contributed by atoms with E-state index in [1.807, 2.05) is 0 Å². The number of esters is 1. The number of amides is 1. The molecule has 0 aromatic heterocycles. The van der Waals surface area contributed by atoms with E-state index in [4.69, 9.17) is 9.47 Å². The third-order valence-corrected chi connectivity index (χ3v) is 2.64. The highest BCUT2D eigenvalue weighted by atomic mass is 19.3. The van der Waals surface area contributed by atoms with Crippen LogP contribution in [0.4, 0.5) is 13.6 Å². The third kappa shape index (κ3) is 5.54. The molecule has 0 saturated carbocycles. The second-order valence-corrected chi connectivity index (χ2v) is 5.54. The maximum atomic E-state index is 11.8. The van der Waals surface area contributed by atoms with Crippen LogP contribution in [-0.4, -0.2) is 42.3 Å². The van der Waals surface area contributed by atoms with Gasteiger partial charge in [0.25, 0.3) is 6.08 Å². The lowest BCUT2D eigenvalue weighted by molar-refractivity contribution is -0.146. The number of carbonyl (C=O) groups excluding carboxylic acids is 2. The van der Waals surface area contributed by atoms with E-state index in [-0.39, 0.29) is 6.54 Å². The summed E-state index contributed by atoms with van der Waals surface area (Å²) in [5.41, 5.74) is -0.598. The number of nitrogens with zero attached hydrogens (tertiary/aromatic N) is 1. The number of hydrogen-bond acceptors (Lipinski definition) is 4. The Bertz CT molecular complexity index is 400. The molecule has 1 atom stereocenters. The Hall–Kier alpha value is -1.66. The van der Waals surface area contributed by atoms with Crippen molar-refractivity contribution in [1.82, 2.24) is 4.90 Å². The van der Waals surface area contributed by atoms with Gasteiger partial charge in [-0.05, 0) is 27.2 Å². The van der Waals surface area contributed by atoms with Crippen LogP contribution in [0.3, 0.4) is 0 Å². The zero-order chi connectivity index (χ0) is 15.3. The van der Waals surface area contributed by atoms with Crippen LogP contribution in [0.15, 0.2) is 12.2 Å². The first-order valence-electron chi connectivity index (χ1n) is 6.35. The fourth-order valence-corrected chi connectivity index (χ4v) is 1.75. The molecule has 1 aliphatic rings. The van der Waals surface area contributed by atoms with E-state index < -0.39 is 36.3 Å². The summed E-state index contributed by atoms with van der Waals surface area (Å²) in [6, 6.07) is 0. The van der Waals surface area contributed by atoms with E-state index in [9.17, 15) is 18.4 Å². The summed E-state index contributed by atoms with van der Waals surface area (Å²) in [5.74, 6) is -1.06. The van der Waals surface area contributed by atoms with E-state index >= 15 is 0 Å². The van der Waals surface area contributed by atoms with Gasteiger partial charge in [0.05, 0.1) is 5.92 Å². The van der Waals surface area contributed by atoms with Crippen molar-refractivity contribution in [1.29, 1.82) is 0 Å². The van der Waals surface area contributed by atoms with Gasteiger partial charge in [0.1, 0.15) is 12.2 Å². The molecule has 5 nitrogen and oxygen atoms in total. The number of hydrogen-bond donors (Lipinski definition) is 0. The summed E-state index contributed by atoms with van der Waals surface area (Å²) >= 11 is 0. The first kappa shape index (κ1) is 16.4. The number of rotatable bonds is 3. The Kier molecular flexibility index (Phi) is 5.47. The molecule has 1 aliphatic heterocycles. The highest BCUT2D eigenvalue weighted by molar-refractivity contribution is 5.75. The molecule has 114 valence electrons. The highest BCUT2D eigenvalue weighted by Crippen LogP contribution is 2.20. The van der Waals surface area contributed by atoms with Gasteiger partial charge in [-0.3, -0.25) is 4.79 Å². The molecule has 0 aromatic rings. The summed E-state index contributed by atoms with van der Waals surface area (Å²) in [5, 5.41) is 0. The van der Waals surface area contributed by atoms with Gasteiger partial charge < -0.3 is 14.4 Å². The minimum Gasteiger partial charge on any atom is -0.461 e.